The molecule has 0 N–H and O–H groups in total. The highest BCUT2D eigenvalue weighted by Gasteiger charge is 2.25. The standard InChI is InChI=1S/C8H5N3OS2/c9-3-6(4-10)1-2-11-7(12)5-14-8(11)13/h1H,2,5H2. The van der Waals surface area contributed by atoms with E-state index in [1.54, 1.807) is 12.1 Å². The molecule has 1 rings (SSSR count). The summed E-state index contributed by atoms with van der Waals surface area (Å²) in [7, 11) is 0. The van der Waals surface area contributed by atoms with Gasteiger partial charge in [0.15, 0.2) is 0 Å². The third kappa shape index (κ3) is 2.32. The summed E-state index contributed by atoms with van der Waals surface area (Å²) in [4.78, 5) is 12.6. The Morgan fingerprint density at radius 3 is 2.71 bits per heavy atom. The van der Waals surface area contributed by atoms with E-state index < -0.39 is 0 Å². The van der Waals surface area contributed by atoms with Crippen molar-refractivity contribution in [3.05, 3.63) is 11.6 Å². The molecule has 0 aromatic rings. The van der Waals surface area contributed by atoms with E-state index in [0.717, 1.165) is 0 Å². The summed E-state index contributed by atoms with van der Waals surface area (Å²) in [5.74, 6) is 0.271. The molecule has 0 aromatic heterocycles. The molecule has 1 amide bonds. The summed E-state index contributed by atoms with van der Waals surface area (Å²) in [6.07, 6.45) is 1.40. The molecule has 0 atom stereocenters. The van der Waals surface area contributed by atoms with Gasteiger partial charge in [0, 0.05) is 6.54 Å². The lowest BCUT2D eigenvalue weighted by Gasteiger charge is -2.10. The summed E-state index contributed by atoms with van der Waals surface area (Å²) in [5, 5.41) is 16.9. The average molecular weight is 223 g/mol. The Bertz CT molecular complexity index is 356. The molecular formula is C8H5N3OS2. The van der Waals surface area contributed by atoms with E-state index in [4.69, 9.17) is 22.7 Å². The first-order valence-electron chi connectivity index (χ1n) is 3.66. The van der Waals surface area contributed by atoms with Crippen LogP contribution in [0.1, 0.15) is 0 Å². The number of amides is 1. The maximum atomic E-state index is 11.2. The third-order valence-corrected chi connectivity index (χ3v) is 2.99. The summed E-state index contributed by atoms with van der Waals surface area (Å²) in [6, 6.07) is 3.43. The zero-order valence-corrected chi connectivity index (χ0v) is 8.69. The predicted octanol–water partition coefficient (Wildman–Crippen LogP) is 0.820. The number of thiocarbonyl (C=S) groups is 1. The fraction of sp³-hybridized carbons (Fsp3) is 0.250. The molecule has 1 heterocycles. The van der Waals surface area contributed by atoms with Gasteiger partial charge in [0.2, 0.25) is 5.91 Å². The Kier molecular flexibility index (Phi) is 3.63. The normalized spacial score (nSPS) is 14.9. The Balaban J connectivity index is 2.67. The van der Waals surface area contributed by atoms with Crippen molar-refractivity contribution in [2.24, 2.45) is 0 Å². The summed E-state index contributed by atoms with van der Waals surface area (Å²) >= 11 is 6.21. The van der Waals surface area contributed by atoms with Gasteiger partial charge in [-0.2, -0.15) is 10.5 Å². The molecule has 1 saturated heterocycles. The number of allylic oxidation sites excluding steroid dienone is 1. The molecule has 0 bridgehead atoms. The SMILES string of the molecule is N#CC(C#N)=CCN1C(=O)CSC1=S. The van der Waals surface area contributed by atoms with Crippen LogP contribution in [-0.2, 0) is 4.79 Å². The monoisotopic (exact) mass is 223 g/mol. The second kappa shape index (κ2) is 4.75. The molecule has 0 saturated carbocycles. The second-order valence-electron chi connectivity index (χ2n) is 2.40. The summed E-state index contributed by atoms with van der Waals surface area (Å²) in [6.45, 7) is 0.209. The van der Waals surface area contributed by atoms with Crippen LogP contribution in [0.15, 0.2) is 11.6 Å². The minimum absolute atomic E-state index is 0.00231. The van der Waals surface area contributed by atoms with E-state index in [0.29, 0.717) is 10.1 Å². The van der Waals surface area contributed by atoms with Gasteiger partial charge in [-0.25, -0.2) is 0 Å². The molecule has 0 aromatic carbocycles. The molecule has 0 radical (unpaired) electrons. The highest BCUT2D eigenvalue weighted by Crippen LogP contribution is 2.18. The minimum Gasteiger partial charge on any atom is -0.293 e. The molecule has 70 valence electrons. The fourth-order valence-electron chi connectivity index (χ4n) is 0.856. The lowest BCUT2D eigenvalue weighted by molar-refractivity contribution is -0.123. The van der Waals surface area contributed by atoms with E-state index in [2.05, 4.69) is 0 Å². The molecule has 1 aliphatic heterocycles. The van der Waals surface area contributed by atoms with Gasteiger partial charge in [0.05, 0.1) is 5.75 Å². The van der Waals surface area contributed by atoms with Gasteiger partial charge in [-0.3, -0.25) is 9.69 Å². The number of hydrogen-bond donors (Lipinski definition) is 0. The first-order chi connectivity index (χ1) is 6.69. The van der Waals surface area contributed by atoms with Crippen LogP contribution in [0.5, 0.6) is 0 Å². The van der Waals surface area contributed by atoms with Crippen molar-refractivity contribution >= 4 is 34.2 Å². The van der Waals surface area contributed by atoms with Crippen molar-refractivity contribution in [2.45, 2.75) is 0 Å². The van der Waals surface area contributed by atoms with E-state index >= 15 is 0 Å². The molecule has 6 heteroatoms. The van der Waals surface area contributed by atoms with E-state index in [-0.39, 0.29) is 18.0 Å². The minimum atomic E-state index is -0.0773. The molecule has 1 aliphatic rings. The molecular weight excluding hydrogens is 218 g/mol. The van der Waals surface area contributed by atoms with Gasteiger partial charge in [-0.15, -0.1) is 0 Å². The molecule has 0 unspecified atom stereocenters. The molecule has 1 fully saturated rings. The molecule has 0 aliphatic carbocycles. The van der Waals surface area contributed by atoms with Gasteiger partial charge in [-0.1, -0.05) is 24.0 Å². The zero-order valence-electron chi connectivity index (χ0n) is 7.06. The Morgan fingerprint density at radius 2 is 2.29 bits per heavy atom. The second-order valence-corrected chi connectivity index (χ2v) is 4.01. The lowest BCUT2D eigenvalue weighted by Crippen LogP contribution is -2.28. The predicted molar refractivity (Wildman–Crippen MR) is 56.1 cm³/mol. The average Bonchev–Trinajstić information content (AvgIpc) is 2.50. The number of carbonyl (C=O) groups is 1. The summed E-state index contributed by atoms with van der Waals surface area (Å²) in [5.41, 5.74) is -0.00231. The third-order valence-electron chi connectivity index (χ3n) is 1.56. The fourth-order valence-corrected chi connectivity index (χ4v) is 1.94. The topological polar surface area (TPSA) is 67.9 Å². The quantitative estimate of drug-likeness (QED) is 0.512. The Morgan fingerprint density at radius 1 is 1.64 bits per heavy atom. The maximum absolute atomic E-state index is 11.2. The van der Waals surface area contributed by atoms with Gasteiger partial charge in [0.1, 0.15) is 22.0 Å². The molecule has 0 spiro atoms. The van der Waals surface area contributed by atoms with Crippen molar-refractivity contribution < 1.29 is 4.79 Å². The van der Waals surface area contributed by atoms with Crippen LogP contribution in [0.2, 0.25) is 0 Å². The van der Waals surface area contributed by atoms with Crippen LogP contribution >= 0.6 is 24.0 Å². The lowest BCUT2D eigenvalue weighted by atomic mass is 10.3. The zero-order chi connectivity index (χ0) is 10.6. The van der Waals surface area contributed by atoms with Gasteiger partial charge in [0.25, 0.3) is 0 Å². The number of carbonyl (C=O) groups excluding carboxylic acids is 1. The smallest absolute Gasteiger partial charge is 0.238 e. The molecule has 4 nitrogen and oxygen atoms in total. The Labute approximate surface area is 90.8 Å². The van der Waals surface area contributed by atoms with Crippen LogP contribution in [0.4, 0.5) is 0 Å². The van der Waals surface area contributed by atoms with E-state index in [9.17, 15) is 4.79 Å². The van der Waals surface area contributed by atoms with Crippen LogP contribution in [-0.4, -0.2) is 27.4 Å². The van der Waals surface area contributed by atoms with Crippen LogP contribution in [0.25, 0.3) is 0 Å². The first kappa shape index (κ1) is 10.7. The highest BCUT2D eigenvalue weighted by molar-refractivity contribution is 8.23. The highest BCUT2D eigenvalue weighted by atomic mass is 32.2. The van der Waals surface area contributed by atoms with Crippen molar-refractivity contribution in [3.63, 3.8) is 0 Å². The molecule has 14 heavy (non-hydrogen) atoms. The largest absolute Gasteiger partial charge is 0.293 e. The van der Waals surface area contributed by atoms with Crippen LogP contribution < -0.4 is 0 Å². The van der Waals surface area contributed by atoms with Crippen LogP contribution in [0.3, 0.4) is 0 Å². The number of thioether (sulfide) groups is 1. The van der Waals surface area contributed by atoms with Crippen molar-refractivity contribution in [1.82, 2.24) is 4.90 Å². The number of nitrogens with zero attached hydrogens (tertiary/aromatic N) is 3. The Hall–Kier alpha value is -1.37. The van der Waals surface area contributed by atoms with Crippen molar-refractivity contribution in [1.29, 1.82) is 10.5 Å². The van der Waals surface area contributed by atoms with E-state index in [1.807, 2.05) is 0 Å². The van der Waals surface area contributed by atoms with Crippen molar-refractivity contribution in [2.75, 3.05) is 12.3 Å². The maximum Gasteiger partial charge on any atom is 0.238 e. The number of nitriles is 2. The van der Waals surface area contributed by atoms with E-state index in [1.165, 1.54) is 22.7 Å². The number of rotatable bonds is 2. The van der Waals surface area contributed by atoms with Gasteiger partial charge in [-0.05, 0) is 6.08 Å². The first-order valence-corrected chi connectivity index (χ1v) is 5.06. The van der Waals surface area contributed by atoms with Gasteiger partial charge < -0.3 is 0 Å². The summed E-state index contributed by atoms with van der Waals surface area (Å²) < 4.78 is 0.501. The number of hydrogen-bond acceptors (Lipinski definition) is 5. The van der Waals surface area contributed by atoms with Crippen LogP contribution in [0, 0.1) is 22.7 Å². The van der Waals surface area contributed by atoms with Gasteiger partial charge >= 0.3 is 0 Å². The van der Waals surface area contributed by atoms with Crippen molar-refractivity contribution in [3.8, 4) is 12.1 Å².